The summed E-state index contributed by atoms with van der Waals surface area (Å²) in [6, 6.07) is 6.06. The molecule has 1 fully saturated rings. The van der Waals surface area contributed by atoms with Crippen LogP contribution in [0, 0.1) is 17.7 Å². The molecule has 0 spiro atoms. The molecule has 0 atom stereocenters. The Kier molecular flexibility index (Phi) is 6.25. The highest BCUT2D eigenvalue weighted by atomic mass is 19.1. The van der Waals surface area contributed by atoms with E-state index < -0.39 is 11.9 Å². The van der Waals surface area contributed by atoms with Crippen molar-refractivity contribution in [2.24, 2.45) is 17.6 Å². The van der Waals surface area contributed by atoms with Crippen LogP contribution in [0.4, 0.5) is 4.39 Å². The van der Waals surface area contributed by atoms with Crippen molar-refractivity contribution in [1.29, 1.82) is 0 Å². The first-order valence-corrected chi connectivity index (χ1v) is 10.9. The van der Waals surface area contributed by atoms with Gasteiger partial charge in [-0.05, 0) is 55.7 Å². The summed E-state index contributed by atoms with van der Waals surface area (Å²) in [5, 5.41) is 13.6. The molecule has 1 aliphatic carbocycles. The number of aromatic nitrogens is 2. The zero-order chi connectivity index (χ0) is 22.8. The average Bonchev–Trinajstić information content (AvgIpc) is 3.13. The smallest absolute Gasteiger partial charge is 0.306 e. The second-order valence-corrected chi connectivity index (χ2v) is 8.75. The number of carboxylic acids is 1. The van der Waals surface area contributed by atoms with E-state index in [0.29, 0.717) is 45.3 Å². The van der Waals surface area contributed by atoms with Gasteiger partial charge in [-0.1, -0.05) is 12.1 Å². The number of rotatable bonds is 6. The van der Waals surface area contributed by atoms with Crippen LogP contribution in [0.5, 0.6) is 0 Å². The number of fused-ring (bicyclic) bond motifs is 1. The van der Waals surface area contributed by atoms with Gasteiger partial charge in [0.05, 0.1) is 24.7 Å². The van der Waals surface area contributed by atoms with Gasteiger partial charge in [0.15, 0.2) is 5.69 Å². The molecule has 4 rings (SSSR count). The van der Waals surface area contributed by atoms with Gasteiger partial charge in [0.1, 0.15) is 5.82 Å². The molecule has 0 saturated heterocycles. The average molecular weight is 442 g/mol. The van der Waals surface area contributed by atoms with Crippen molar-refractivity contribution in [3.63, 3.8) is 0 Å². The predicted molar refractivity (Wildman–Crippen MR) is 113 cm³/mol. The Hall–Kier alpha value is -3.23. The van der Waals surface area contributed by atoms with Gasteiger partial charge in [-0.15, -0.1) is 0 Å². The van der Waals surface area contributed by atoms with Crippen molar-refractivity contribution in [1.82, 2.24) is 14.7 Å². The van der Waals surface area contributed by atoms with Gasteiger partial charge in [-0.25, -0.2) is 4.39 Å². The summed E-state index contributed by atoms with van der Waals surface area (Å²) < 4.78 is 14.9. The molecule has 9 heteroatoms. The monoisotopic (exact) mass is 442 g/mol. The minimum atomic E-state index is -0.752. The molecule has 0 radical (unpaired) electrons. The first-order valence-electron chi connectivity index (χ1n) is 10.9. The van der Waals surface area contributed by atoms with Crippen LogP contribution in [0.3, 0.4) is 0 Å². The van der Waals surface area contributed by atoms with E-state index >= 15 is 0 Å². The van der Waals surface area contributed by atoms with Gasteiger partial charge in [0.2, 0.25) is 5.91 Å². The molecular weight excluding hydrogens is 415 g/mol. The van der Waals surface area contributed by atoms with Crippen LogP contribution >= 0.6 is 0 Å². The topological polar surface area (TPSA) is 119 Å². The largest absolute Gasteiger partial charge is 0.481 e. The number of aliphatic carboxylic acids is 1. The van der Waals surface area contributed by atoms with E-state index in [2.05, 4.69) is 5.10 Å². The molecule has 2 heterocycles. The Labute approximate surface area is 185 Å². The van der Waals surface area contributed by atoms with Crippen LogP contribution < -0.4 is 5.73 Å². The van der Waals surface area contributed by atoms with E-state index in [9.17, 15) is 18.8 Å². The molecule has 2 amide bonds. The van der Waals surface area contributed by atoms with Crippen molar-refractivity contribution in [3.05, 3.63) is 52.6 Å². The first-order chi connectivity index (χ1) is 15.3. The fourth-order valence-corrected chi connectivity index (χ4v) is 4.77. The maximum absolute atomic E-state index is 13.2. The van der Waals surface area contributed by atoms with E-state index in [1.54, 1.807) is 21.7 Å². The van der Waals surface area contributed by atoms with Crippen LogP contribution in [-0.4, -0.2) is 44.1 Å². The lowest BCUT2D eigenvalue weighted by molar-refractivity contribution is -0.143. The zero-order valence-corrected chi connectivity index (χ0v) is 17.8. The number of amides is 2. The van der Waals surface area contributed by atoms with Crippen LogP contribution in [0.15, 0.2) is 24.3 Å². The van der Waals surface area contributed by atoms with E-state index in [4.69, 9.17) is 10.8 Å². The summed E-state index contributed by atoms with van der Waals surface area (Å²) in [7, 11) is 0. The SMILES string of the molecule is NC(=O)c1nn(Cc2ccc(F)cc2)c2c1CCN(C(=O)CC1CCC(C(=O)O)CC1)C2. The molecule has 2 aromatic rings. The van der Waals surface area contributed by atoms with Gasteiger partial charge in [0.25, 0.3) is 5.91 Å². The Morgan fingerprint density at radius 2 is 1.81 bits per heavy atom. The number of primary amides is 1. The second kappa shape index (κ2) is 9.10. The molecule has 1 saturated carbocycles. The minimum Gasteiger partial charge on any atom is -0.481 e. The molecule has 0 unspecified atom stereocenters. The lowest BCUT2D eigenvalue weighted by atomic mass is 9.80. The lowest BCUT2D eigenvalue weighted by Gasteiger charge is -2.31. The number of nitrogens with zero attached hydrogens (tertiary/aromatic N) is 3. The third kappa shape index (κ3) is 4.66. The molecule has 3 N–H and O–H groups in total. The number of hydrogen-bond donors (Lipinski definition) is 2. The molecule has 1 aliphatic heterocycles. The van der Waals surface area contributed by atoms with Gasteiger partial charge < -0.3 is 15.7 Å². The highest BCUT2D eigenvalue weighted by molar-refractivity contribution is 5.92. The molecule has 170 valence electrons. The van der Waals surface area contributed by atoms with Crippen molar-refractivity contribution in [2.75, 3.05) is 6.54 Å². The van der Waals surface area contributed by atoms with Gasteiger partial charge >= 0.3 is 5.97 Å². The molecule has 8 nitrogen and oxygen atoms in total. The van der Waals surface area contributed by atoms with Gasteiger partial charge in [0, 0.05) is 18.5 Å². The van der Waals surface area contributed by atoms with E-state index in [0.717, 1.165) is 29.7 Å². The number of carbonyl (C=O) groups excluding carboxylic acids is 2. The van der Waals surface area contributed by atoms with Crippen molar-refractivity contribution >= 4 is 17.8 Å². The Morgan fingerprint density at radius 3 is 2.44 bits per heavy atom. The third-order valence-electron chi connectivity index (χ3n) is 6.63. The zero-order valence-electron chi connectivity index (χ0n) is 17.8. The Balaban J connectivity index is 1.47. The highest BCUT2D eigenvalue weighted by Gasteiger charge is 2.32. The second-order valence-electron chi connectivity index (χ2n) is 8.75. The number of carbonyl (C=O) groups is 3. The molecule has 2 aliphatic rings. The number of hydrogen-bond acceptors (Lipinski definition) is 4. The van der Waals surface area contributed by atoms with E-state index in [1.165, 1.54) is 12.1 Å². The maximum Gasteiger partial charge on any atom is 0.306 e. The molecule has 32 heavy (non-hydrogen) atoms. The summed E-state index contributed by atoms with van der Waals surface area (Å²) in [6.07, 6.45) is 3.62. The molecular formula is C23H27FN4O4. The lowest BCUT2D eigenvalue weighted by Crippen LogP contribution is -2.38. The predicted octanol–water partition coefficient (Wildman–Crippen LogP) is 2.34. The van der Waals surface area contributed by atoms with Crippen LogP contribution in [0.25, 0.3) is 0 Å². The van der Waals surface area contributed by atoms with Crippen LogP contribution in [-0.2, 0) is 29.1 Å². The number of nitrogens with two attached hydrogens (primary N) is 1. The summed E-state index contributed by atoms with van der Waals surface area (Å²) in [4.78, 5) is 37.8. The quantitative estimate of drug-likeness (QED) is 0.712. The van der Waals surface area contributed by atoms with Crippen LogP contribution in [0.2, 0.25) is 0 Å². The van der Waals surface area contributed by atoms with Crippen molar-refractivity contribution in [3.8, 4) is 0 Å². The highest BCUT2D eigenvalue weighted by Crippen LogP contribution is 2.32. The van der Waals surface area contributed by atoms with Gasteiger partial charge in [-0.3, -0.25) is 19.1 Å². The summed E-state index contributed by atoms with van der Waals surface area (Å²) in [5.74, 6) is -1.75. The number of carboxylic acid groups (broad SMARTS) is 1. The Morgan fingerprint density at radius 1 is 1.12 bits per heavy atom. The molecule has 1 aromatic carbocycles. The Bertz CT molecular complexity index is 1030. The van der Waals surface area contributed by atoms with Crippen LogP contribution in [0.1, 0.15) is 59.4 Å². The normalized spacial score (nSPS) is 20.6. The van der Waals surface area contributed by atoms with Crippen molar-refractivity contribution in [2.45, 2.75) is 51.6 Å². The summed E-state index contributed by atoms with van der Waals surface area (Å²) in [6.45, 7) is 1.16. The molecule has 1 aromatic heterocycles. The standard InChI is InChI=1S/C23H27FN4O4/c24-17-7-3-15(4-8-17)12-28-19-13-27(10-9-18(19)21(26-28)22(25)30)20(29)11-14-1-5-16(6-2-14)23(31)32/h3-4,7-8,14,16H,1-2,5-6,9-13H2,(H2,25,30)(H,31,32). The first kappa shape index (κ1) is 22.0. The number of benzene rings is 1. The van der Waals surface area contributed by atoms with Crippen molar-refractivity contribution < 1.29 is 23.9 Å². The fourth-order valence-electron chi connectivity index (χ4n) is 4.77. The maximum atomic E-state index is 13.2. The number of halogens is 1. The third-order valence-corrected chi connectivity index (χ3v) is 6.63. The minimum absolute atomic E-state index is 0.0320. The van der Waals surface area contributed by atoms with E-state index in [1.807, 2.05) is 0 Å². The summed E-state index contributed by atoms with van der Waals surface area (Å²) in [5.41, 5.74) is 8.12. The fraction of sp³-hybridized carbons (Fsp3) is 0.478. The molecule has 0 bridgehead atoms. The van der Waals surface area contributed by atoms with Gasteiger partial charge in [-0.2, -0.15) is 5.10 Å². The van der Waals surface area contributed by atoms with E-state index in [-0.39, 0.29) is 29.3 Å². The summed E-state index contributed by atoms with van der Waals surface area (Å²) >= 11 is 0.